The van der Waals surface area contributed by atoms with Crippen molar-refractivity contribution in [1.29, 1.82) is 0 Å². The van der Waals surface area contributed by atoms with Crippen LogP contribution in [-0.4, -0.2) is 42.1 Å². The second-order valence-corrected chi connectivity index (χ2v) is 7.88. The average molecular weight is 415 g/mol. The Hall–Kier alpha value is -2.80. The number of ketones is 1. The molecule has 2 saturated heterocycles. The molecule has 5 nitrogen and oxygen atoms in total. The fraction of sp³-hybridized carbons (Fsp3) is 0.391. The van der Waals surface area contributed by atoms with Crippen molar-refractivity contribution in [3.05, 3.63) is 71.3 Å². The number of benzene rings is 2. The summed E-state index contributed by atoms with van der Waals surface area (Å²) in [5, 5.41) is 0. The SMILES string of the molecule is O=C(Cc1cc(F)cc(F)c1)C1CC2COCC(C1)N2C(=O)OCc1ccccc1. The fourth-order valence-electron chi connectivity index (χ4n) is 4.33. The number of piperidine rings is 1. The summed E-state index contributed by atoms with van der Waals surface area (Å²) in [7, 11) is 0. The first-order valence-corrected chi connectivity index (χ1v) is 10.0. The lowest BCUT2D eigenvalue weighted by Crippen LogP contribution is -2.60. The molecular formula is C23H23F2NO4. The summed E-state index contributed by atoms with van der Waals surface area (Å²) < 4.78 is 37.9. The molecule has 4 rings (SSSR count). The number of nitrogens with zero attached hydrogens (tertiary/aromatic N) is 1. The zero-order valence-electron chi connectivity index (χ0n) is 16.4. The van der Waals surface area contributed by atoms with Crippen molar-refractivity contribution < 1.29 is 27.8 Å². The summed E-state index contributed by atoms with van der Waals surface area (Å²) in [5.74, 6) is -1.75. The summed E-state index contributed by atoms with van der Waals surface area (Å²) in [6, 6.07) is 12.1. The van der Waals surface area contributed by atoms with Crippen LogP contribution in [0.3, 0.4) is 0 Å². The number of fused-ring (bicyclic) bond motifs is 2. The monoisotopic (exact) mass is 415 g/mol. The van der Waals surface area contributed by atoms with Crippen LogP contribution in [0.25, 0.3) is 0 Å². The highest BCUT2D eigenvalue weighted by Gasteiger charge is 2.44. The molecule has 158 valence electrons. The van der Waals surface area contributed by atoms with Gasteiger partial charge in [0.05, 0.1) is 25.3 Å². The van der Waals surface area contributed by atoms with Crippen LogP contribution in [0.4, 0.5) is 13.6 Å². The third-order valence-corrected chi connectivity index (χ3v) is 5.69. The van der Waals surface area contributed by atoms with Gasteiger partial charge >= 0.3 is 6.09 Å². The van der Waals surface area contributed by atoms with E-state index in [1.807, 2.05) is 30.3 Å². The number of morpholine rings is 1. The van der Waals surface area contributed by atoms with Gasteiger partial charge in [-0.15, -0.1) is 0 Å². The van der Waals surface area contributed by atoms with E-state index in [0.717, 1.165) is 11.6 Å². The van der Waals surface area contributed by atoms with Gasteiger partial charge in [0.1, 0.15) is 24.0 Å². The summed E-state index contributed by atoms with van der Waals surface area (Å²) in [5.41, 5.74) is 1.23. The zero-order chi connectivity index (χ0) is 21.1. The van der Waals surface area contributed by atoms with Gasteiger partial charge in [0.25, 0.3) is 0 Å². The van der Waals surface area contributed by atoms with Crippen molar-refractivity contribution in [3.63, 3.8) is 0 Å². The lowest BCUT2D eigenvalue weighted by Gasteiger charge is -2.47. The molecule has 1 amide bonds. The van der Waals surface area contributed by atoms with Gasteiger partial charge in [-0.2, -0.15) is 0 Å². The number of Topliss-reactive ketones (excluding diaryl/α,β-unsaturated/α-hetero) is 1. The van der Waals surface area contributed by atoms with Gasteiger partial charge in [-0.05, 0) is 36.1 Å². The molecule has 30 heavy (non-hydrogen) atoms. The van der Waals surface area contributed by atoms with Crippen molar-refractivity contribution in [1.82, 2.24) is 4.90 Å². The van der Waals surface area contributed by atoms with E-state index in [1.54, 1.807) is 4.90 Å². The van der Waals surface area contributed by atoms with Crippen LogP contribution >= 0.6 is 0 Å². The van der Waals surface area contributed by atoms with Gasteiger partial charge in [0.15, 0.2) is 0 Å². The van der Waals surface area contributed by atoms with Gasteiger partial charge in [-0.25, -0.2) is 13.6 Å². The minimum absolute atomic E-state index is 0.0297. The van der Waals surface area contributed by atoms with E-state index >= 15 is 0 Å². The largest absolute Gasteiger partial charge is 0.445 e. The lowest BCUT2D eigenvalue weighted by molar-refractivity contribution is -0.130. The molecule has 2 fully saturated rings. The van der Waals surface area contributed by atoms with E-state index in [1.165, 1.54) is 12.1 Å². The summed E-state index contributed by atoms with van der Waals surface area (Å²) in [6.45, 7) is 0.870. The number of amides is 1. The van der Waals surface area contributed by atoms with E-state index in [-0.39, 0.29) is 36.8 Å². The molecule has 2 aromatic carbocycles. The maximum atomic E-state index is 13.4. The molecular weight excluding hydrogens is 392 g/mol. The maximum Gasteiger partial charge on any atom is 0.410 e. The molecule has 2 aromatic rings. The Morgan fingerprint density at radius 3 is 2.23 bits per heavy atom. The summed E-state index contributed by atoms with van der Waals surface area (Å²) in [4.78, 5) is 27.2. The van der Waals surface area contributed by atoms with Crippen LogP contribution in [-0.2, 0) is 27.3 Å². The maximum absolute atomic E-state index is 13.4. The molecule has 0 N–H and O–H groups in total. The quantitative estimate of drug-likeness (QED) is 0.744. The molecule has 0 radical (unpaired) electrons. The summed E-state index contributed by atoms with van der Waals surface area (Å²) in [6.07, 6.45) is 0.467. The Morgan fingerprint density at radius 1 is 0.967 bits per heavy atom. The molecule has 2 aliphatic rings. The van der Waals surface area contributed by atoms with Crippen molar-refractivity contribution in [2.45, 2.75) is 38.0 Å². The van der Waals surface area contributed by atoms with Crippen LogP contribution < -0.4 is 0 Å². The highest BCUT2D eigenvalue weighted by atomic mass is 19.1. The molecule has 7 heteroatoms. The van der Waals surface area contributed by atoms with Crippen molar-refractivity contribution in [2.75, 3.05) is 13.2 Å². The third kappa shape index (κ3) is 4.67. The standard InChI is InChI=1S/C23H23F2NO4/c24-18-6-16(7-19(25)11-18)8-22(27)17-9-20-13-29-14-21(10-17)26(20)23(28)30-12-15-4-2-1-3-5-15/h1-7,11,17,20-21H,8-10,12-14H2. The zero-order valence-corrected chi connectivity index (χ0v) is 16.4. The molecule has 0 aromatic heterocycles. The highest BCUT2D eigenvalue weighted by Crippen LogP contribution is 2.33. The first-order chi connectivity index (χ1) is 14.5. The van der Waals surface area contributed by atoms with E-state index in [0.29, 0.717) is 31.6 Å². The van der Waals surface area contributed by atoms with Crippen LogP contribution in [0.15, 0.2) is 48.5 Å². The number of halogens is 2. The number of hydrogen-bond donors (Lipinski definition) is 0. The molecule has 0 spiro atoms. The van der Waals surface area contributed by atoms with Crippen molar-refractivity contribution in [3.8, 4) is 0 Å². The number of carbonyl (C=O) groups is 2. The van der Waals surface area contributed by atoms with Gasteiger partial charge in [-0.1, -0.05) is 30.3 Å². The third-order valence-electron chi connectivity index (χ3n) is 5.69. The molecule has 2 unspecified atom stereocenters. The second-order valence-electron chi connectivity index (χ2n) is 7.88. The van der Waals surface area contributed by atoms with E-state index in [2.05, 4.69) is 0 Å². The first kappa shape index (κ1) is 20.5. The van der Waals surface area contributed by atoms with Gasteiger partial charge in [0.2, 0.25) is 0 Å². The second kappa shape index (κ2) is 8.92. The van der Waals surface area contributed by atoms with Crippen LogP contribution in [0.2, 0.25) is 0 Å². The first-order valence-electron chi connectivity index (χ1n) is 10.0. The minimum atomic E-state index is -0.695. The van der Waals surface area contributed by atoms with Crippen LogP contribution in [0.5, 0.6) is 0 Å². The van der Waals surface area contributed by atoms with Gasteiger partial charge < -0.3 is 9.47 Å². The predicted molar refractivity (Wildman–Crippen MR) is 105 cm³/mol. The van der Waals surface area contributed by atoms with E-state index in [9.17, 15) is 18.4 Å². The molecule has 0 aliphatic carbocycles. The van der Waals surface area contributed by atoms with Crippen LogP contribution in [0.1, 0.15) is 24.0 Å². The number of hydrogen-bond acceptors (Lipinski definition) is 4. The Kier molecular flexibility index (Phi) is 6.08. The molecule has 2 atom stereocenters. The minimum Gasteiger partial charge on any atom is -0.445 e. The van der Waals surface area contributed by atoms with E-state index in [4.69, 9.17) is 9.47 Å². The van der Waals surface area contributed by atoms with Gasteiger partial charge in [0, 0.05) is 18.4 Å². The Balaban J connectivity index is 1.39. The number of carbonyl (C=O) groups excluding carboxylic acids is 2. The molecule has 0 saturated carbocycles. The Morgan fingerprint density at radius 2 is 1.60 bits per heavy atom. The lowest BCUT2D eigenvalue weighted by atomic mass is 9.81. The predicted octanol–water partition coefficient (Wildman–Crippen LogP) is 3.89. The molecule has 2 bridgehead atoms. The average Bonchev–Trinajstić information content (AvgIpc) is 2.71. The normalized spacial score (nSPS) is 23.1. The fourth-order valence-corrected chi connectivity index (χ4v) is 4.33. The number of ether oxygens (including phenoxy) is 2. The van der Waals surface area contributed by atoms with Gasteiger partial charge in [-0.3, -0.25) is 9.69 Å². The highest BCUT2D eigenvalue weighted by molar-refractivity contribution is 5.84. The summed E-state index contributed by atoms with van der Waals surface area (Å²) >= 11 is 0. The van der Waals surface area contributed by atoms with Crippen molar-refractivity contribution >= 4 is 11.9 Å². The Bertz CT molecular complexity index is 886. The topological polar surface area (TPSA) is 55.8 Å². The smallest absolute Gasteiger partial charge is 0.410 e. The number of rotatable bonds is 5. The van der Waals surface area contributed by atoms with Crippen LogP contribution in [0, 0.1) is 17.6 Å². The van der Waals surface area contributed by atoms with Crippen molar-refractivity contribution in [2.24, 2.45) is 5.92 Å². The molecule has 2 aliphatic heterocycles. The molecule has 2 heterocycles. The van der Waals surface area contributed by atoms with E-state index < -0.39 is 17.7 Å². The Labute approximate surface area is 173 Å².